The molecule has 9 nitrogen and oxygen atoms in total. The molecule has 0 unspecified atom stereocenters. The van der Waals surface area contributed by atoms with Crippen molar-refractivity contribution in [3.63, 3.8) is 0 Å². The lowest BCUT2D eigenvalue weighted by Gasteiger charge is -2.23. The summed E-state index contributed by atoms with van der Waals surface area (Å²) in [6.07, 6.45) is 4.58. The molecule has 0 aliphatic carbocycles. The quantitative estimate of drug-likeness (QED) is 0.315. The normalized spacial score (nSPS) is 21.3. The lowest BCUT2D eigenvalue weighted by Crippen LogP contribution is -2.43. The molecule has 152 valence electrons. The van der Waals surface area contributed by atoms with Gasteiger partial charge in [-0.3, -0.25) is 19.8 Å². The van der Waals surface area contributed by atoms with Crippen LogP contribution in [0.2, 0.25) is 0 Å². The number of hydrogen-bond donors (Lipinski definition) is 1. The first kappa shape index (κ1) is 20.1. The third kappa shape index (κ3) is 3.94. The van der Waals surface area contributed by atoms with Crippen molar-refractivity contribution < 1.29 is 24.0 Å². The van der Waals surface area contributed by atoms with Crippen LogP contribution in [0.1, 0.15) is 57.1 Å². The molecule has 28 heavy (non-hydrogen) atoms. The average Bonchev–Trinajstić information content (AvgIpc) is 2.88. The number of nitro groups is 1. The number of nitrogens with one attached hydrogen (secondary N) is 1. The van der Waals surface area contributed by atoms with Crippen molar-refractivity contribution in [1.82, 2.24) is 10.2 Å². The first-order chi connectivity index (χ1) is 13.4. The van der Waals surface area contributed by atoms with E-state index in [9.17, 15) is 19.7 Å². The van der Waals surface area contributed by atoms with E-state index in [0.29, 0.717) is 23.3 Å². The van der Waals surface area contributed by atoms with Crippen molar-refractivity contribution in [2.24, 2.45) is 0 Å². The zero-order valence-corrected chi connectivity index (χ0v) is 16.2. The minimum absolute atomic E-state index is 0.0209. The number of nitrogens with zero attached hydrogens (tertiary/aromatic N) is 2. The summed E-state index contributed by atoms with van der Waals surface area (Å²) in [6.45, 7) is 3.96. The highest BCUT2D eigenvalue weighted by Crippen LogP contribution is 2.35. The van der Waals surface area contributed by atoms with Crippen LogP contribution >= 0.6 is 0 Å². The van der Waals surface area contributed by atoms with E-state index in [2.05, 4.69) is 12.2 Å². The summed E-state index contributed by atoms with van der Waals surface area (Å²) in [7, 11) is 0. The number of fused-ring (bicyclic) bond motifs is 1. The molecular weight excluding hydrogens is 366 g/mol. The molecule has 2 heterocycles. The van der Waals surface area contributed by atoms with Gasteiger partial charge < -0.3 is 14.8 Å². The Bertz CT molecular complexity index is 796. The fourth-order valence-corrected chi connectivity index (χ4v) is 3.64. The average molecular weight is 391 g/mol. The van der Waals surface area contributed by atoms with Gasteiger partial charge in [0.25, 0.3) is 11.6 Å². The van der Waals surface area contributed by atoms with E-state index in [1.807, 2.05) is 0 Å². The maximum Gasteiger partial charge on any atom is 0.325 e. The van der Waals surface area contributed by atoms with Crippen LogP contribution < -0.4 is 10.1 Å². The van der Waals surface area contributed by atoms with Crippen LogP contribution in [0.5, 0.6) is 5.75 Å². The van der Waals surface area contributed by atoms with E-state index in [4.69, 9.17) is 9.47 Å². The molecule has 0 saturated carbocycles. The number of amides is 3. The first-order valence-corrected chi connectivity index (χ1v) is 9.50. The summed E-state index contributed by atoms with van der Waals surface area (Å²) in [5, 5.41) is 14.0. The third-order valence-corrected chi connectivity index (χ3v) is 5.19. The Kier molecular flexibility index (Phi) is 5.83. The molecule has 9 heteroatoms. The van der Waals surface area contributed by atoms with Crippen LogP contribution in [0.3, 0.4) is 0 Å². The van der Waals surface area contributed by atoms with Gasteiger partial charge in [0.05, 0.1) is 18.1 Å². The molecule has 0 aromatic heterocycles. The fraction of sp³-hybridized carbons (Fsp3) is 0.579. The number of imide groups is 1. The van der Waals surface area contributed by atoms with Crippen molar-refractivity contribution in [2.45, 2.75) is 64.6 Å². The highest BCUT2D eigenvalue weighted by molar-refractivity contribution is 6.06. The Morgan fingerprint density at radius 1 is 1.29 bits per heavy atom. The lowest BCUT2D eigenvalue weighted by molar-refractivity contribution is -0.385. The van der Waals surface area contributed by atoms with Gasteiger partial charge in [-0.1, -0.05) is 32.6 Å². The van der Waals surface area contributed by atoms with Crippen molar-refractivity contribution in [1.29, 1.82) is 0 Å². The monoisotopic (exact) mass is 391 g/mol. The predicted molar refractivity (Wildman–Crippen MR) is 99.6 cm³/mol. The number of non-ortho nitro benzene ring substituents is 1. The van der Waals surface area contributed by atoms with Gasteiger partial charge in [-0.2, -0.15) is 0 Å². The minimum atomic E-state index is -0.949. The van der Waals surface area contributed by atoms with Crippen LogP contribution in [0.15, 0.2) is 12.1 Å². The van der Waals surface area contributed by atoms with Gasteiger partial charge in [-0.15, -0.1) is 0 Å². The van der Waals surface area contributed by atoms with Gasteiger partial charge in [0.2, 0.25) is 0 Å². The molecule has 1 aromatic carbocycles. The summed E-state index contributed by atoms with van der Waals surface area (Å²) in [4.78, 5) is 37.3. The molecule has 0 spiro atoms. The summed E-state index contributed by atoms with van der Waals surface area (Å²) in [6, 6.07) is 2.25. The number of nitro benzene ring substituents is 1. The number of ether oxygens (including phenoxy) is 2. The second-order valence-electron chi connectivity index (χ2n) is 7.43. The van der Waals surface area contributed by atoms with Crippen molar-refractivity contribution in [2.75, 3.05) is 6.79 Å². The molecule has 1 fully saturated rings. The summed E-state index contributed by atoms with van der Waals surface area (Å²) in [5.74, 6) is 0.121. The lowest BCUT2D eigenvalue weighted by atomic mass is 9.94. The Morgan fingerprint density at radius 2 is 2.07 bits per heavy atom. The zero-order chi connectivity index (χ0) is 20.3. The largest absolute Gasteiger partial charge is 0.467 e. The molecule has 1 saturated heterocycles. The molecule has 0 radical (unpaired) electrons. The standard InChI is InChI=1S/C19H25N3O6/c1-3-4-5-6-7-19(2)17(23)21(18(24)20-19)10-13-8-15(22(25)26)9-14-11-27-12-28-16(13)14/h8-9H,3-7,10-12H2,1-2H3,(H,20,24)/t19-/m1/s1. The molecule has 2 aliphatic rings. The number of benzene rings is 1. The van der Waals surface area contributed by atoms with E-state index in [1.54, 1.807) is 6.92 Å². The zero-order valence-electron chi connectivity index (χ0n) is 16.2. The highest BCUT2D eigenvalue weighted by Gasteiger charge is 2.47. The van der Waals surface area contributed by atoms with E-state index in [0.717, 1.165) is 30.6 Å². The number of carbonyl (C=O) groups is 2. The van der Waals surface area contributed by atoms with Crippen LogP contribution in [0.25, 0.3) is 0 Å². The second kappa shape index (κ2) is 8.14. The van der Waals surface area contributed by atoms with Gasteiger partial charge in [0.1, 0.15) is 11.3 Å². The second-order valence-corrected chi connectivity index (χ2v) is 7.43. The van der Waals surface area contributed by atoms with E-state index >= 15 is 0 Å². The smallest absolute Gasteiger partial charge is 0.325 e. The molecule has 3 amide bonds. The number of hydrogen-bond acceptors (Lipinski definition) is 6. The van der Waals surface area contributed by atoms with Crippen molar-refractivity contribution >= 4 is 17.6 Å². The summed E-state index contributed by atoms with van der Waals surface area (Å²) in [5.41, 5.74) is -0.122. The topological polar surface area (TPSA) is 111 Å². The Morgan fingerprint density at radius 3 is 2.79 bits per heavy atom. The van der Waals surface area contributed by atoms with Crippen molar-refractivity contribution in [3.8, 4) is 5.75 Å². The van der Waals surface area contributed by atoms with E-state index in [-0.39, 0.29) is 31.5 Å². The third-order valence-electron chi connectivity index (χ3n) is 5.19. The molecule has 1 N–H and O–H groups in total. The van der Waals surface area contributed by atoms with E-state index in [1.165, 1.54) is 12.1 Å². The number of rotatable bonds is 8. The molecular formula is C19H25N3O6. The SMILES string of the molecule is CCCCCC[C@@]1(C)NC(=O)N(Cc2cc([N+](=O)[O-])cc3c2OCOC3)C1=O. The fourth-order valence-electron chi connectivity index (χ4n) is 3.64. The maximum atomic E-state index is 12.9. The Hall–Kier alpha value is -2.68. The molecule has 1 atom stereocenters. The Labute approximate surface area is 163 Å². The summed E-state index contributed by atoms with van der Waals surface area (Å²) < 4.78 is 10.7. The van der Waals surface area contributed by atoms with E-state index < -0.39 is 16.5 Å². The first-order valence-electron chi connectivity index (χ1n) is 9.50. The van der Waals surface area contributed by atoms with Crippen LogP contribution in [0.4, 0.5) is 10.5 Å². The van der Waals surface area contributed by atoms with Crippen LogP contribution in [0, 0.1) is 10.1 Å². The van der Waals surface area contributed by atoms with Gasteiger partial charge in [0, 0.05) is 23.3 Å². The molecule has 3 rings (SSSR count). The van der Waals surface area contributed by atoms with Crippen molar-refractivity contribution in [3.05, 3.63) is 33.4 Å². The molecule has 1 aromatic rings. The summed E-state index contributed by atoms with van der Waals surface area (Å²) >= 11 is 0. The van der Waals surface area contributed by atoms with Crippen LogP contribution in [-0.2, 0) is 22.7 Å². The van der Waals surface area contributed by atoms with Crippen LogP contribution in [-0.4, -0.2) is 34.1 Å². The minimum Gasteiger partial charge on any atom is -0.467 e. The molecule has 0 bridgehead atoms. The molecule has 2 aliphatic heterocycles. The van der Waals surface area contributed by atoms with Gasteiger partial charge in [0.15, 0.2) is 6.79 Å². The van der Waals surface area contributed by atoms with Gasteiger partial charge >= 0.3 is 6.03 Å². The Balaban J connectivity index is 1.81. The van der Waals surface area contributed by atoms with Gasteiger partial charge in [-0.25, -0.2) is 4.79 Å². The highest BCUT2D eigenvalue weighted by atomic mass is 16.7. The maximum absolute atomic E-state index is 12.9. The number of carbonyl (C=O) groups excluding carboxylic acids is 2. The predicted octanol–water partition coefficient (Wildman–Crippen LogP) is 3.24. The number of unbranched alkanes of at least 4 members (excludes halogenated alkanes) is 3. The number of urea groups is 1. The van der Waals surface area contributed by atoms with Gasteiger partial charge in [-0.05, 0) is 13.3 Å².